The van der Waals surface area contributed by atoms with Gasteiger partial charge in [-0.1, -0.05) is 0 Å². The first-order chi connectivity index (χ1) is 12.3. The largest absolute Gasteiger partial charge is 0.358 e. The molecule has 142 valence electrons. The van der Waals surface area contributed by atoms with Crippen LogP contribution < -0.4 is 15.1 Å². The molecule has 1 N–H and O–H groups in total. The number of rotatable bonds is 4. The standard InChI is InChI=1S/C17H24N4O4S/c1-18-16(22)11-21-15-10-12(26(24,25)19(2)3)7-8-13(15)20-9-5-4-6-14(20)17(21)23/h7-8,10,14H,4-6,9,11H2,1-3H3,(H,18,22). The van der Waals surface area contributed by atoms with Gasteiger partial charge in [-0.3, -0.25) is 14.5 Å². The average molecular weight is 380 g/mol. The number of nitrogens with zero attached hydrogens (tertiary/aromatic N) is 3. The van der Waals surface area contributed by atoms with Gasteiger partial charge in [0.1, 0.15) is 12.6 Å². The van der Waals surface area contributed by atoms with Gasteiger partial charge in [0.2, 0.25) is 21.8 Å². The summed E-state index contributed by atoms with van der Waals surface area (Å²) < 4.78 is 26.1. The summed E-state index contributed by atoms with van der Waals surface area (Å²) >= 11 is 0. The van der Waals surface area contributed by atoms with Crippen LogP contribution in [0.25, 0.3) is 0 Å². The molecule has 2 aliphatic rings. The minimum Gasteiger partial charge on any atom is -0.358 e. The molecule has 26 heavy (non-hydrogen) atoms. The van der Waals surface area contributed by atoms with Crippen molar-refractivity contribution >= 4 is 33.2 Å². The number of anilines is 2. The lowest BCUT2D eigenvalue weighted by Crippen LogP contribution is -2.57. The van der Waals surface area contributed by atoms with Crippen LogP contribution in [-0.2, 0) is 19.6 Å². The predicted octanol–water partition coefficient (Wildman–Crippen LogP) is 0.388. The van der Waals surface area contributed by atoms with E-state index in [1.165, 1.54) is 32.1 Å². The van der Waals surface area contributed by atoms with Crippen LogP contribution >= 0.6 is 0 Å². The number of hydrogen-bond donors (Lipinski definition) is 1. The Labute approximate surface area is 153 Å². The smallest absolute Gasteiger partial charge is 0.250 e. The van der Waals surface area contributed by atoms with E-state index in [0.29, 0.717) is 5.69 Å². The summed E-state index contributed by atoms with van der Waals surface area (Å²) in [6, 6.07) is 4.51. The van der Waals surface area contributed by atoms with Crippen LogP contribution in [0.15, 0.2) is 23.1 Å². The van der Waals surface area contributed by atoms with Crippen molar-refractivity contribution in [2.24, 2.45) is 0 Å². The van der Waals surface area contributed by atoms with Gasteiger partial charge in [-0.2, -0.15) is 0 Å². The van der Waals surface area contributed by atoms with Crippen molar-refractivity contribution in [2.45, 2.75) is 30.2 Å². The molecule has 2 amide bonds. The van der Waals surface area contributed by atoms with Gasteiger partial charge < -0.3 is 10.2 Å². The van der Waals surface area contributed by atoms with Gasteiger partial charge in [-0.15, -0.1) is 0 Å². The highest BCUT2D eigenvalue weighted by Gasteiger charge is 2.40. The molecule has 0 bridgehead atoms. The zero-order valence-electron chi connectivity index (χ0n) is 15.2. The normalized spacial score (nSPS) is 20.0. The number of piperidine rings is 1. The minimum atomic E-state index is -3.64. The molecule has 0 spiro atoms. The Morgan fingerprint density at radius 1 is 1.27 bits per heavy atom. The Balaban J connectivity index is 2.13. The Kier molecular flexibility index (Phi) is 4.94. The Hall–Kier alpha value is -2.13. The van der Waals surface area contributed by atoms with Crippen molar-refractivity contribution in [3.05, 3.63) is 18.2 Å². The number of carbonyl (C=O) groups is 2. The molecule has 2 aliphatic heterocycles. The lowest BCUT2D eigenvalue weighted by Gasteiger charge is -2.45. The summed E-state index contributed by atoms with van der Waals surface area (Å²) in [5, 5.41) is 2.53. The lowest BCUT2D eigenvalue weighted by molar-refractivity contribution is -0.124. The lowest BCUT2D eigenvalue weighted by atomic mass is 9.96. The number of fused-ring (bicyclic) bond motifs is 3. The molecule has 0 radical (unpaired) electrons. The molecule has 8 nitrogen and oxygen atoms in total. The van der Waals surface area contributed by atoms with E-state index in [1.54, 1.807) is 12.1 Å². The van der Waals surface area contributed by atoms with Gasteiger partial charge in [-0.25, -0.2) is 12.7 Å². The molecular formula is C17H24N4O4S. The molecule has 3 rings (SSSR count). The number of amides is 2. The van der Waals surface area contributed by atoms with E-state index >= 15 is 0 Å². The second-order valence-electron chi connectivity index (χ2n) is 6.74. The molecule has 1 aromatic carbocycles. The second-order valence-corrected chi connectivity index (χ2v) is 8.89. The Morgan fingerprint density at radius 2 is 2.00 bits per heavy atom. The van der Waals surface area contributed by atoms with E-state index in [1.807, 2.05) is 4.90 Å². The molecule has 1 atom stereocenters. The zero-order valence-corrected chi connectivity index (χ0v) is 16.0. The maximum absolute atomic E-state index is 13.0. The number of hydrogen-bond acceptors (Lipinski definition) is 5. The summed E-state index contributed by atoms with van der Waals surface area (Å²) in [4.78, 5) is 28.5. The highest BCUT2D eigenvalue weighted by molar-refractivity contribution is 7.89. The van der Waals surface area contributed by atoms with Crippen LogP contribution in [0.5, 0.6) is 0 Å². The fourth-order valence-electron chi connectivity index (χ4n) is 3.49. The molecular weight excluding hydrogens is 356 g/mol. The highest BCUT2D eigenvalue weighted by atomic mass is 32.2. The summed E-state index contributed by atoms with van der Waals surface area (Å²) in [6.45, 7) is 0.620. The van der Waals surface area contributed by atoms with Crippen molar-refractivity contribution < 1.29 is 18.0 Å². The van der Waals surface area contributed by atoms with Crippen molar-refractivity contribution in [3.63, 3.8) is 0 Å². The third-order valence-electron chi connectivity index (χ3n) is 4.96. The quantitative estimate of drug-likeness (QED) is 0.816. The number of sulfonamides is 1. The molecule has 1 saturated heterocycles. The molecule has 9 heteroatoms. The first-order valence-electron chi connectivity index (χ1n) is 8.62. The number of benzene rings is 1. The van der Waals surface area contributed by atoms with Crippen LogP contribution in [0, 0.1) is 0 Å². The monoisotopic (exact) mass is 380 g/mol. The van der Waals surface area contributed by atoms with E-state index in [2.05, 4.69) is 5.32 Å². The zero-order chi connectivity index (χ0) is 19.1. The van der Waals surface area contributed by atoms with E-state index in [-0.39, 0.29) is 29.3 Å². The van der Waals surface area contributed by atoms with Crippen LogP contribution in [0.4, 0.5) is 11.4 Å². The van der Waals surface area contributed by atoms with E-state index < -0.39 is 10.0 Å². The summed E-state index contributed by atoms with van der Waals surface area (Å²) in [5.41, 5.74) is 1.27. The first kappa shape index (κ1) is 18.7. The van der Waals surface area contributed by atoms with Crippen LogP contribution in [0.1, 0.15) is 19.3 Å². The van der Waals surface area contributed by atoms with Gasteiger partial charge in [0.05, 0.1) is 16.3 Å². The van der Waals surface area contributed by atoms with Crippen molar-refractivity contribution in [3.8, 4) is 0 Å². The molecule has 1 fully saturated rings. The Bertz CT molecular complexity index is 837. The molecule has 0 aromatic heterocycles. The average Bonchev–Trinajstić information content (AvgIpc) is 2.64. The van der Waals surface area contributed by atoms with Crippen LogP contribution in [-0.4, -0.2) is 64.8 Å². The van der Waals surface area contributed by atoms with E-state index in [4.69, 9.17) is 0 Å². The summed E-state index contributed by atoms with van der Waals surface area (Å²) in [7, 11) is 0.796. The fraction of sp³-hybridized carbons (Fsp3) is 0.529. The third-order valence-corrected chi connectivity index (χ3v) is 6.77. The van der Waals surface area contributed by atoms with Crippen molar-refractivity contribution in [1.82, 2.24) is 9.62 Å². The second kappa shape index (κ2) is 6.88. The molecule has 1 unspecified atom stereocenters. The Morgan fingerprint density at radius 3 is 2.65 bits per heavy atom. The third kappa shape index (κ3) is 3.05. The predicted molar refractivity (Wildman–Crippen MR) is 98.7 cm³/mol. The molecule has 1 aromatic rings. The summed E-state index contributed by atoms with van der Waals surface area (Å²) in [6.07, 6.45) is 2.68. The number of likely N-dealkylation sites (N-methyl/N-ethyl adjacent to an activating group) is 1. The minimum absolute atomic E-state index is 0.103. The van der Waals surface area contributed by atoms with Gasteiger partial charge in [0.15, 0.2) is 0 Å². The maximum Gasteiger partial charge on any atom is 0.250 e. The number of carbonyl (C=O) groups excluding carboxylic acids is 2. The van der Waals surface area contributed by atoms with Gasteiger partial charge in [0, 0.05) is 27.7 Å². The van der Waals surface area contributed by atoms with Gasteiger partial charge in [0.25, 0.3) is 0 Å². The maximum atomic E-state index is 13.0. The first-order valence-corrected chi connectivity index (χ1v) is 10.1. The fourth-order valence-corrected chi connectivity index (χ4v) is 4.42. The number of nitrogens with one attached hydrogen (secondary N) is 1. The van der Waals surface area contributed by atoms with Crippen LogP contribution in [0.2, 0.25) is 0 Å². The van der Waals surface area contributed by atoms with Crippen molar-refractivity contribution in [2.75, 3.05) is 44.0 Å². The van der Waals surface area contributed by atoms with Gasteiger partial charge >= 0.3 is 0 Å². The SMILES string of the molecule is CNC(=O)CN1C(=O)C2CCCCN2c2ccc(S(=O)(=O)N(C)C)cc21. The molecule has 0 aliphatic carbocycles. The van der Waals surface area contributed by atoms with E-state index in [0.717, 1.165) is 35.8 Å². The molecule has 2 heterocycles. The van der Waals surface area contributed by atoms with Crippen LogP contribution in [0.3, 0.4) is 0 Å². The topological polar surface area (TPSA) is 90.0 Å². The molecule has 0 saturated carbocycles. The van der Waals surface area contributed by atoms with Gasteiger partial charge in [-0.05, 0) is 37.5 Å². The van der Waals surface area contributed by atoms with E-state index in [9.17, 15) is 18.0 Å². The summed E-state index contributed by atoms with van der Waals surface area (Å²) in [5.74, 6) is -0.449. The highest BCUT2D eigenvalue weighted by Crippen LogP contribution is 2.40. The van der Waals surface area contributed by atoms with Crippen molar-refractivity contribution in [1.29, 1.82) is 0 Å².